The van der Waals surface area contributed by atoms with Gasteiger partial charge in [0.1, 0.15) is 0 Å². The van der Waals surface area contributed by atoms with Crippen LogP contribution >= 0.6 is 0 Å². The molecule has 0 aliphatic carbocycles. The third kappa shape index (κ3) is 4.63. The topological polar surface area (TPSA) is 64.5 Å². The quantitative estimate of drug-likeness (QED) is 0.519. The smallest absolute Gasteiger partial charge is 0.0447 e. The minimum absolute atomic E-state index is 0.209. The van der Waals surface area contributed by atoms with Gasteiger partial charge in [0.15, 0.2) is 0 Å². The van der Waals surface area contributed by atoms with Crippen molar-refractivity contribution in [1.29, 1.82) is 0 Å². The standard InChI is InChI=1S/C13H22N2O2/c1-11-12(14-7-3-9-16)5-2-6-13(11)15-8-4-10-17/h2,5-6,14-17H,3-4,7-10H2,1H3. The molecule has 0 spiro atoms. The van der Waals surface area contributed by atoms with Gasteiger partial charge in [0.25, 0.3) is 0 Å². The minimum atomic E-state index is 0.209. The van der Waals surface area contributed by atoms with Crippen molar-refractivity contribution in [2.24, 2.45) is 0 Å². The van der Waals surface area contributed by atoms with Crippen LogP contribution in [0, 0.1) is 6.92 Å². The van der Waals surface area contributed by atoms with Gasteiger partial charge in [0.2, 0.25) is 0 Å². The predicted octanol–water partition coefficient (Wildman–Crippen LogP) is 1.58. The van der Waals surface area contributed by atoms with E-state index in [2.05, 4.69) is 17.6 Å². The largest absolute Gasteiger partial charge is 0.396 e. The van der Waals surface area contributed by atoms with Gasteiger partial charge in [-0.25, -0.2) is 0 Å². The summed E-state index contributed by atoms with van der Waals surface area (Å²) in [7, 11) is 0. The SMILES string of the molecule is Cc1c(NCCCO)cccc1NCCCO. The van der Waals surface area contributed by atoms with E-state index in [1.165, 1.54) is 5.56 Å². The summed E-state index contributed by atoms with van der Waals surface area (Å²) in [5.41, 5.74) is 3.35. The lowest BCUT2D eigenvalue weighted by atomic mass is 10.1. The summed E-state index contributed by atoms with van der Waals surface area (Å²) in [6.07, 6.45) is 1.50. The van der Waals surface area contributed by atoms with Crippen LogP contribution in [0.4, 0.5) is 11.4 Å². The predicted molar refractivity (Wildman–Crippen MR) is 71.6 cm³/mol. The number of anilines is 2. The fourth-order valence-electron chi connectivity index (χ4n) is 1.62. The van der Waals surface area contributed by atoms with Crippen LogP contribution in [0.15, 0.2) is 18.2 Å². The first-order valence-electron chi connectivity index (χ1n) is 6.08. The van der Waals surface area contributed by atoms with E-state index < -0.39 is 0 Å². The second-order valence-electron chi connectivity index (χ2n) is 3.99. The van der Waals surface area contributed by atoms with Gasteiger partial charge in [-0.15, -0.1) is 0 Å². The summed E-state index contributed by atoms with van der Waals surface area (Å²) < 4.78 is 0. The van der Waals surface area contributed by atoms with Gasteiger partial charge in [-0.3, -0.25) is 0 Å². The van der Waals surface area contributed by atoms with E-state index in [1.54, 1.807) is 0 Å². The molecule has 1 aromatic carbocycles. The molecule has 0 saturated heterocycles. The first-order valence-corrected chi connectivity index (χ1v) is 6.08. The number of benzene rings is 1. The maximum Gasteiger partial charge on any atom is 0.0447 e. The van der Waals surface area contributed by atoms with Gasteiger partial charge in [-0.2, -0.15) is 0 Å². The van der Waals surface area contributed by atoms with Gasteiger partial charge in [-0.1, -0.05) is 6.07 Å². The van der Waals surface area contributed by atoms with E-state index >= 15 is 0 Å². The number of hydrogen-bond acceptors (Lipinski definition) is 4. The van der Waals surface area contributed by atoms with Crippen molar-refractivity contribution in [2.75, 3.05) is 36.9 Å². The molecule has 96 valence electrons. The number of nitrogens with one attached hydrogen (secondary N) is 2. The Bertz CT molecular complexity index is 301. The lowest BCUT2D eigenvalue weighted by molar-refractivity contribution is 0.292. The summed E-state index contributed by atoms with van der Waals surface area (Å²) in [4.78, 5) is 0. The summed E-state index contributed by atoms with van der Waals surface area (Å²) in [6, 6.07) is 6.06. The molecule has 4 nitrogen and oxygen atoms in total. The van der Waals surface area contributed by atoms with Crippen LogP contribution in [0.2, 0.25) is 0 Å². The van der Waals surface area contributed by atoms with Crippen molar-refractivity contribution in [1.82, 2.24) is 0 Å². The van der Waals surface area contributed by atoms with Gasteiger partial charge >= 0.3 is 0 Å². The highest BCUT2D eigenvalue weighted by atomic mass is 16.3. The molecule has 0 aliphatic rings. The van der Waals surface area contributed by atoms with Crippen molar-refractivity contribution in [2.45, 2.75) is 19.8 Å². The Morgan fingerprint density at radius 1 is 0.941 bits per heavy atom. The second-order valence-corrected chi connectivity index (χ2v) is 3.99. The molecule has 0 saturated carbocycles. The molecule has 0 atom stereocenters. The van der Waals surface area contributed by atoms with E-state index in [1.807, 2.05) is 18.2 Å². The van der Waals surface area contributed by atoms with Gasteiger partial charge in [0.05, 0.1) is 0 Å². The first kappa shape index (κ1) is 13.8. The van der Waals surface area contributed by atoms with Crippen molar-refractivity contribution >= 4 is 11.4 Å². The summed E-state index contributed by atoms with van der Waals surface area (Å²) in [6.45, 7) is 4.03. The molecule has 0 unspecified atom stereocenters. The van der Waals surface area contributed by atoms with Gasteiger partial charge in [0, 0.05) is 37.7 Å². The summed E-state index contributed by atoms with van der Waals surface area (Å²) in [5, 5.41) is 24.1. The average Bonchev–Trinajstić information content (AvgIpc) is 2.34. The molecule has 1 aromatic rings. The lowest BCUT2D eigenvalue weighted by Gasteiger charge is -2.14. The molecule has 0 aliphatic heterocycles. The number of aliphatic hydroxyl groups excluding tert-OH is 2. The molecule has 0 heterocycles. The van der Waals surface area contributed by atoms with Crippen LogP contribution < -0.4 is 10.6 Å². The zero-order valence-electron chi connectivity index (χ0n) is 10.4. The molecular weight excluding hydrogens is 216 g/mol. The summed E-state index contributed by atoms with van der Waals surface area (Å²) in [5.74, 6) is 0. The van der Waals surface area contributed by atoms with Gasteiger partial charge < -0.3 is 20.8 Å². The van der Waals surface area contributed by atoms with E-state index in [0.717, 1.165) is 37.3 Å². The van der Waals surface area contributed by atoms with Crippen LogP contribution in [-0.4, -0.2) is 36.5 Å². The van der Waals surface area contributed by atoms with E-state index in [9.17, 15) is 0 Å². The Hall–Kier alpha value is -1.26. The molecule has 0 fully saturated rings. The molecule has 0 bridgehead atoms. The Morgan fingerprint density at radius 3 is 1.82 bits per heavy atom. The lowest BCUT2D eigenvalue weighted by Crippen LogP contribution is -2.08. The Morgan fingerprint density at radius 2 is 1.41 bits per heavy atom. The zero-order chi connectivity index (χ0) is 12.5. The fraction of sp³-hybridized carbons (Fsp3) is 0.538. The number of rotatable bonds is 8. The zero-order valence-corrected chi connectivity index (χ0v) is 10.4. The normalized spacial score (nSPS) is 10.3. The first-order chi connectivity index (χ1) is 8.29. The van der Waals surface area contributed by atoms with Crippen molar-refractivity contribution in [3.8, 4) is 0 Å². The third-order valence-electron chi connectivity index (χ3n) is 2.63. The molecule has 0 amide bonds. The van der Waals surface area contributed by atoms with Crippen LogP contribution in [0.3, 0.4) is 0 Å². The second kappa shape index (κ2) is 7.92. The molecule has 4 heteroatoms. The van der Waals surface area contributed by atoms with Crippen molar-refractivity contribution in [3.63, 3.8) is 0 Å². The number of aliphatic hydroxyl groups is 2. The highest BCUT2D eigenvalue weighted by Crippen LogP contribution is 2.23. The Kier molecular flexibility index (Phi) is 6.43. The van der Waals surface area contributed by atoms with Crippen LogP contribution in [-0.2, 0) is 0 Å². The third-order valence-corrected chi connectivity index (χ3v) is 2.63. The highest BCUT2D eigenvalue weighted by Gasteiger charge is 2.02. The van der Waals surface area contributed by atoms with Crippen LogP contribution in [0.1, 0.15) is 18.4 Å². The molecular formula is C13H22N2O2. The van der Waals surface area contributed by atoms with Crippen molar-refractivity contribution in [3.05, 3.63) is 23.8 Å². The fourth-order valence-corrected chi connectivity index (χ4v) is 1.62. The van der Waals surface area contributed by atoms with E-state index in [4.69, 9.17) is 10.2 Å². The highest BCUT2D eigenvalue weighted by molar-refractivity contribution is 5.64. The Labute approximate surface area is 103 Å². The summed E-state index contributed by atoms with van der Waals surface area (Å²) >= 11 is 0. The number of hydrogen-bond donors (Lipinski definition) is 4. The van der Waals surface area contributed by atoms with Crippen LogP contribution in [0.5, 0.6) is 0 Å². The molecule has 17 heavy (non-hydrogen) atoms. The molecule has 0 radical (unpaired) electrons. The minimum Gasteiger partial charge on any atom is -0.396 e. The monoisotopic (exact) mass is 238 g/mol. The average molecular weight is 238 g/mol. The molecule has 0 aromatic heterocycles. The van der Waals surface area contributed by atoms with Crippen molar-refractivity contribution < 1.29 is 10.2 Å². The molecule has 1 rings (SSSR count). The Balaban J connectivity index is 2.56. The van der Waals surface area contributed by atoms with Gasteiger partial charge in [-0.05, 0) is 37.5 Å². The van der Waals surface area contributed by atoms with E-state index in [-0.39, 0.29) is 13.2 Å². The van der Waals surface area contributed by atoms with E-state index in [0.29, 0.717) is 0 Å². The maximum absolute atomic E-state index is 8.74. The van der Waals surface area contributed by atoms with Crippen LogP contribution in [0.25, 0.3) is 0 Å². The maximum atomic E-state index is 8.74. The molecule has 4 N–H and O–H groups in total.